The van der Waals surface area contributed by atoms with Crippen molar-refractivity contribution in [1.82, 2.24) is 4.98 Å². The first-order valence-corrected chi connectivity index (χ1v) is 7.28. The Morgan fingerprint density at radius 1 is 1.29 bits per heavy atom. The largest absolute Gasteiger partial charge is 0.384 e. The van der Waals surface area contributed by atoms with Gasteiger partial charge in [-0.05, 0) is 36.8 Å². The van der Waals surface area contributed by atoms with E-state index in [4.69, 9.17) is 28.9 Å². The van der Waals surface area contributed by atoms with E-state index < -0.39 is 0 Å². The van der Waals surface area contributed by atoms with E-state index >= 15 is 0 Å². The summed E-state index contributed by atoms with van der Waals surface area (Å²) in [7, 11) is 0. The molecular weight excluding hydrogens is 309 g/mol. The normalized spacial score (nSPS) is 10.4. The highest BCUT2D eigenvalue weighted by Crippen LogP contribution is 2.26. The maximum Gasteiger partial charge on any atom is 0.255 e. The molecule has 1 aromatic carbocycles. The summed E-state index contributed by atoms with van der Waals surface area (Å²) in [6, 6.07) is 8.14. The van der Waals surface area contributed by atoms with Crippen LogP contribution in [0.2, 0.25) is 10.0 Å². The smallest absolute Gasteiger partial charge is 0.255 e. The van der Waals surface area contributed by atoms with Gasteiger partial charge in [0.1, 0.15) is 5.82 Å². The first-order chi connectivity index (χ1) is 9.99. The lowest BCUT2D eigenvalue weighted by molar-refractivity contribution is 0.102. The lowest BCUT2D eigenvalue weighted by Gasteiger charge is -2.09. The van der Waals surface area contributed by atoms with Crippen molar-refractivity contribution in [3.63, 3.8) is 0 Å². The van der Waals surface area contributed by atoms with Crippen LogP contribution in [0, 0.1) is 0 Å². The Bertz CT molecular complexity index is 674. The van der Waals surface area contributed by atoms with Gasteiger partial charge in [-0.1, -0.05) is 36.5 Å². The van der Waals surface area contributed by atoms with Gasteiger partial charge >= 0.3 is 0 Å². The van der Waals surface area contributed by atoms with Crippen molar-refractivity contribution in [2.24, 2.45) is 0 Å². The molecule has 1 amide bonds. The van der Waals surface area contributed by atoms with Gasteiger partial charge in [0.25, 0.3) is 5.91 Å². The molecule has 4 nitrogen and oxygen atoms in total. The molecule has 110 valence electrons. The molecule has 0 radical (unpaired) electrons. The third-order valence-electron chi connectivity index (χ3n) is 2.84. The van der Waals surface area contributed by atoms with Crippen molar-refractivity contribution >= 4 is 40.6 Å². The third-order valence-corrected chi connectivity index (χ3v) is 3.41. The molecule has 21 heavy (non-hydrogen) atoms. The molecule has 0 aliphatic rings. The maximum absolute atomic E-state index is 12.3. The molecule has 0 saturated carbocycles. The fourth-order valence-corrected chi connectivity index (χ4v) is 2.25. The number of pyridine rings is 1. The Balaban J connectivity index is 2.25. The minimum atomic E-state index is -0.300. The molecule has 0 atom stereocenters. The Morgan fingerprint density at radius 3 is 2.76 bits per heavy atom. The summed E-state index contributed by atoms with van der Waals surface area (Å²) < 4.78 is 0. The molecule has 2 rings (SSSR count). The maximum atomic E-state index is 12.3. The summed E-state index contributed by atoms with van der Waals surface area (Å²) in [6.45, 7) is 2.04. The highest BCUT2D eigenvalue weighted by atomic mass is 35.5. The minimum Gasteiger partial charge on any atom is -0.384 e. The van der Waals surface area contributed by atoms with Gasteiger partial charge < -0.3 is 11.1 Å². The van der Waals surface area contributed by atoms with E-state index in [1.54, 1.807) is 24.3 Å². The number of aryl methyl sites for hydroxylation is 1. The van der Waals surface area contributed by atoms with E-state index in [9.17, 15) is 4.79 Å². The van der Waals surface area contributed by atoms with Gasteiger partial charge in [0.2, 0.25) is 0 Å². The Labute approximate surface area is 133 Å². The number of hydrogen-bond donors (Lipinski definition) is 2. The van der Waals surface area contributed by atoms with E-state index in [1.165, 1.54) is 6.07 Å². The number of amides is 1. The molecule has 0 bridgehead atoms. The molecule has 0 saturated heterocycles. The average Bonchev–Trinajstić information content (AvgIpc) is 2.42. The summed E-state index contributed by atoms with van der Waals surface area (Å²) in [5.74, 6) is 0.0221. The van der Waals surface area contributed by atoms with Crippen LogP contribution in [0.25, 0.3) is 0 Å². The molecule has 0 aliphatic heterocycles. The predicted molar refractivity (Wildman–Crippen MR) is 87.1 cm³/mol. The molecule has 0 spiro atoms. The van der Waals surface area contributed by atoms with Crippen LogP contribution in [0.3, 0.4) is 0 Å². The lowest BCUT2D eigenvalue weighted by atomic mass is 10.1. The monoisotopic (exact) mass is 323 g/mol. The number of hydrogen-bond acceptors (Lipinski definition) is 3. The fraction of sp³-hybridized carbons (Fsp3) is 0.200. The average molecular weight is 324 g/mol. The number of nitrogens with two attached hydrogens (primary N) is 1. The number of anilines is 2. The van der Waals surface area contributed by atoms with Crippen LogP contribution in [-0.2, 0) is 6.42 Å². The van der Waals surface area contributed by atoms with Crippen LogP contribution in [0.5, 0.6) is 0 Å². The van der Waals surface area contributed by atoms with Crippen molar-refractivity contribution in [3.8, 4) is 0 Å². The van der Waals surface area contributed by atoms with E-state index in [0.717, 1.165) is 18.5 Å². The number of carbonyl (C=O) groups is 1. The second-order valence-electron chi connectivity index (χ2n) is 4.60. The van der Waals surface area contributed by atoms with Gasteiger partial charge in [0.05, 0.1) is 10.7 Å². The second kappa shape index (κ2) is 6.78. The van der Waals surface area contributed by atoms with Gasteiger partial charge in [-0.3, -0.25) is 4.79 Å². The number of carbonyl (C=O) groups excluding carboxylic acids is 1. The zero-order valence-corrected chi connectivity index (χ0v) is 13.0. The van der Waals surface area contributed by atoms with Crippen LogP contribution >= 0.6 is 23.2 Å². The second-order valence-corrected chi connectivity index (χ2v) is 5.44. The SMILES string of the molecule is CCCc1cc(C(=O)Nc2cc(Cl)ccc2Cl)cc(N)n1. The van der Waals surface area contributed by atoms with Crippen LogP contribution in [-0.4, -0.2) is 10.9 Å². The zero-order chi connectivity index (χ0) is 15.4. The van der Waals surface area contributed by atoms with Crippen molar-refractivity contribution in [3.05, 3.63) is 51.6 Å². The number of nitrogens with zero attached hydrogens (tertiary/aromatic N) is 1. The minimum absolute atomic E-state index is 0.300. The van der Waals surface area contributed by atoms with Crippen molar-refractivity contribution in [2.75, 3.05) is 11.1 Å². The molecule has 3 N–H and O–H groups in total. The van der Waals surface area contributed by atoms with Crippen molar-refractivity contribution < 1.29 is 4.79 Å². The van der Waals surface area contributed by atoms with Crippen LogP contribution in [0.1, 0.15) is 29.4 Å². The van der Waals surface area contributed by atoms with E-state index in [1.807, 2.05) is 6.92 Å². The molecule has 0 unspecified atom stereocenters. The molecule has 6 heteroatoms. The van der Waals surface area contributed by atoms with Gasteiger partial charge in [-0.15, -0.1) is 0 Å². The number of aromatic nitrogens is 1. The topological polar surface area (TPSA) is 68.0 Å². The van der Waals surface area contributed by atoms with E-state index in [-0.39, 0.29) is 5.91 Å². The first kappa shape index (κ1) is 15.6. The Morgan fingerprint density at radius 2 is 2.05 bits per heavy atom. The van der Waals surface area contributed by atoms with E-state index in [0.29, 0.717) is 27.1 Å². The summed E-state index contributed by atoms with van der Waals surface area (Å²) in [5, 5.41) is 3.64. The van der Waals surface area contributed by atoms with Gasteiger partial charge in [-0.2, -0.15) is 0 Å². The van der Waals surface area contributed by atoms with E-state index in [2.05, 4.69) is 10.3 Å². The summed E-state index contributed by atoms with van der Waals surface area (Å²) >= 11 is 11.9. The summed E-state index contributed by atoms with van der Waals surface area (Å²) in [4.78, 5) is 16.5. The number of nitrogens with one attached hydrogen (secondary N) is 1. The zero-order valence-electron chi connectivity index (χ0n) is 11.5. The quantitative estimate of drug-likeness (QED) is 0.887. The number of benzene rings is 1. The molecule has 0 fully saturated rings. The molecule has 1 heterocycles. The molecule has 2 aromatic rings. The molecule has 1 aromatic heterocycles. The highest BCUT2D eigenvalue weighted by molar-refractivity contribution is 6.35. The lowest BCUT2D eigenvalue weighted by Crippen LogP contribution is -2.14. The standard InChI is InChI=1S/C15H15Cl2N3O/c1-2-3-11-6-9(7-14(18)19-11)15(21)20-13-8-10(16)4-5-12(13)17/h4-8H,2-3H2,1H3,(H2,18,19)(H,20,21). The summed E-state index contributed by atoms with van der Waals surface area (Å²) in [6.07, 6.45) is 1.70. The predicted octanol–water partition coefficient (Wildman–Crippen LogP) is 4.18. The van der Waals surface area contributed by atoms with Gasteiger partial charge in [0.15, 0.2) is 0 Å². The molecular formula is C15H15Cl2N3O. The summed E-state index contributed by atoms with van der Waals surface area (Å²) in [5.41, 5.74) is 7.43. The number of rotatable bonds is 4. The fourth-order valence-electron chi connectivity index (χ4n) is 1.91. The highest BCUT2D eigenvalue weighted by Gasteiger charge is 2.11. The van der Waals surface area contributed by atoms with Gasteiger partial charge in [-0.25, -0.2) is 4.98 Å². The van der Waals surface area contributed by atoms with Crippen LogP contribution in [0.15, 0.2) is 30.3 Å². The Hall–Kier alpha value is -1.78. The van der Waals surface area contributed by atoms with Crippen LogP contribution in [0.4, 0.5) is 11.5 Å². The Kier molecular flexibility index (Phi) is 5.04. The van der Waals surface area contributed by atoms with Crippen molar-refractivity contribution in [1.29, 1.82) is 0 Å². The first-order valence-electron chi connectivity index (χ1n) is 6.52. The third kappa shape index (κ3) is 4.09. The van der Waals surface area contributed by atoms with Crippen molar-refractivity contribution in [2.45, 2.75) is 19.8 Å². The number of nitrogen functional groups attached to an aromatic ring is 1. The van der Waals surface area contributed by atoms with Gasteiger partial charge in [0, 0.05) is 16.3 Å². The number of halogens is 2. The molecule has 0 aliphatic carbocycles. The van der Waals surface area contributed by atoms with Crippen LogP contribution < -0.4 is 11.1 Å².